The number of urea groups is 1. The van der Waals surface area contributed by atoms with Crippen molar-refractivity contribution < 1.29 is 40.7 Å². The number of methoxy groups -OCH3 is 1. The van der Waals surface area contributed by atoms with Gasteiger partial charge in [-0.05, 0) is 66.4 Å². The average Bonchev–Trinajstić information content (AvgIpc) is 3.56. The van der Waals surface area contributed by atoms with E-state index in [4.69, 9.17) is 4.74 Å². The van der Waals surface area contributed by atoms with Crippen molar-refractivity contribution in [2.75, 3.05) is 16.9 Å². The maximum Gasteiger partial charge on any atom is 0.501 e. The van der Waals surface area contributed by atoms with Crippen molar-refractivity contribution >= 4 is 39.1 Å². The molecule has 214 valence electrons. The summed E-state index contributed by atoms with van der Waals surface area (Å²) in [7, 11) is -4.06. The average molecular weight is 589 g/mol. The molecule has 2 unspecified atom stereocenters. The summed E-state index contributed by atoms with van der Waals surface area (Å²) in [4.78, 5) is 45.1. The molecule has 2 heterocycles. The molecule has 1 saturated heterocycles. The number of rotatable bonds is 7. The molecule has 1 spiro atoms. The maximum absolute atomic E-state index is 13.6. The molecule has 1 aromatic heterocycles. The Morgan fingerprint density at radius 3 is 2.27 bits per heavy atom. The number of imide groups is 1. The minimum absolute atomic E-state index is 0.000117. The SMILES string of the molecule is COc1ccc(CNC(=O)c2cc(N3C(=O)N(c4ccc(S(=O)(=O)C(F)(F)F)cc4)C(=O)C34CC4C)ccn2)cc1. The molecule has 1 aliphatic carbocycles. The number of sulfone groups is 1. The number of hydrogen-bond acceptors (Lipinski definition) is 7. The number of carbonyl (C=O) groups excluding carboxylic acids is 3. The Balaban J connectivity index is 1.40. The zero-order valence-corrected chi connectivity index (χ0v) is 22.5. The van der Waals surface area contributed by atoms with Crippen molar-refractivity contribution in [2.24, 2.45) is 5.92 Å². The lowest BCUT2D eigenvalue weighted by atomic mass is 10.1. The lowest BCUT2D eigenvalue weighted by Gasteiger charge is -2.22. The first-order valence-electron chi connectivity index (χ1n) is 12.3. The first-order valence-corrected chi connectivity index (χ1v) is 13.8. The molecule has 2 atom stereocenters. The van der Waals surface area contributed by atoms with Crippen molar-refractivity contribution in [1.29, 1.82) is 0 Å². The van der Waals surface area contributed by atoms with Gasteiger partial charge in [0, 0.05) is 12.7 Å². The topological polar surface area (TPSA) is 126 Å². The van der Waals surface area contributed by atoms with Gasteiger partial charge in [-0.3, -0.25) is 19.5 Å². The lowest BCUT2D eigenvalue weighted by Crippen LogP contribution is -2.39. The molecule has 1 aliphatic heterocycles. The molecule has 3 aromatic rings. The summed E-state index contributed by atoms with van der Waals surface area (Å²) < 4.78 is 67.4. The minimum Gasteiger partial charge on any atom is -0.497 e. The Labute approximate surface area is 232 Å². The van der Waals surface area contributed by atoms with Crippen LogP contribution in [0.2, 0.25) is 0 Å². The summed E-state index contributed by atoms with van der Waals surface area (Å²) in [6.07, 6.45) is 1.64. The van der Waals surface area contributed by atoms with Gasteiger partial charge >= 0.3 is 11.5 Å². The second-order valence-electron chi connectivity index (χ2n) is 9.66. The third kappa shape index (κ3) is 4.67. The normalized spacial score (nSPS) is 20.5. The number of carbonyl (C=O) groups is 3. The van der Waals surface area contributed by atoms with E-state index in [0.29, 0.717) is 24.3 Å². The highest BCUT2D eigenvalue weighted by atomic mass is 32.2. The fourth-order valence-electron chi connectivity index (χ4n) is 4.84. The summed E-state index contributed by atoms with van der Waals surface area (Å²) in [5.74, 6) is -0.714. The molecule has 4 amide bonds. The number of halogens is 3. The Morgan fingerprint density at radius 1 is 1.07 bits per heavy atom. The molecule has 1 saturated carbocycles. The summed E-state index contributed by atoms with van der Waals surface area (Å²) in [5.41, 5.74) is -5.81. The van der Waals surface area contributed by atoms with Crippen LogP contribution < -0.4 is 19.9 Å². The summed E-state index contributed by atoms with van der Waals surface area (Å²) >= 11 is 0. The third-order valence-corrected chi connectivity index (χ3v) is 8.69. The van der Waals surface area contributed by atoms with Crippen LogP contribution in [0.15, 0.2) is 71.8 Å². The third-order valence-electron chi connectivity index (χ3n) is 7.18. The van der Waals surface area contributed by atoms with Crippen molar-refractivity contribution in [2.45, 2.75) is 35.8 Å². The van der Waals surface area contributed by atoms with Crippen LogP contribution in [0.25, 0.3) is 0 Å². The smallest absolute Gasteiger partial charge is 0.497 e. The van der Waals surface area contributed by atoms with Crippen molar-refractivity contribution in [1.82, 2.24) is 10.3 Å². The molecule has 10 nitrogen and oxygen atoms in total. The zero-order valence-electron chi connectivity index (χ0n) is 21.7. The van der Waals surface area contributed by atoms with Crippen LogP contribution in [0, 0.1) is 5.92 Å². The van der Waals surface area contributed by atoms with Crippen LogP contribution >= 0.6 is 0 Å². The lowest BCUT2D eigenvalue weighted by molar-refractivity contribution is -0.119. The van der Waals surface area contributed by atoms with Gasteiger partial charge in [0.25, 0.3) is 21.7 Å². The summed E-state index contributed by atoms with van der Waals surface area (Å²) in [6, 6.07) is 12.5. The Bertz CT molecular complexity index is 1640. The van der Waals surface area contributed by atoms with E-state index in [-0.39, 0.29) is 29.5 Å². The first-order chi connectivity index (χ1) is 19.3. The first kappa shape index (κ1) is 28.1. The Kier molecular flexibility index (Phi) is 6.76. The number of nitrogens with one attached hydrogen (secondary N) is 1. The highest BCUT2D eigenvalue weighted by Gasteiger charge is 2.70. The van der Waals surface area contributed by atoms with Gasteiger partial charge in [0.2, 0.25) is 0 Å². The van der Waals surface area contributed by atoms with Gasteiger partial charge in [-0.2, -0.15) is 13.2 Å². The fourth-order valence-corrected chi connectivity index (χ4v) is 5.60. The summed E-state index contributed by atoms with van der Waals surface area (Å²) in [5, 5.41) is 2.75. The number of pyridine rings is 1. The van der Waals surface area contributed by atoms with Crippen molar-refractivity contribution in [3.63, 3.8) is 0 Å². The van der Waals surface area contributed by atoms with E-state index in [1.807, 2.05) is 0 Å². The van der Waals surface area contributed by atoms with E-state index in [0.717, 1.165) is 22.6 Å². The number of nitrogens with zero attached hydrogens (tertiary/aromatic N) is 3. The number of anilines is 2. The predicted octanol–water partition coefficient (Wildman–Crippen LogP) is 4.07. The molecule has 14 heteroatoms. The molecule has 0 radical (unpaired) electrons. The second-order valence-corrected chi connectivity index (χ2v) is 11.6. The zero-order chi connectivity index (χ0) is 29.7. The molecule has 41 heavy (non-hydrogen) atoms. The molecular weight excluding hydrogens is 565 g/mol. The quantitative estimate of drug-likeness (QED) is 0.413. The van der Waals surface area contributed by atoms with Gasteiger partial charge in [-0.1, -0.05) is 19.1 Å². The molecule has 5 rings (SSSR count). The van der Waals surface area contributed by atoms with Crippen LogP contribution in [0.1, 0.15) is 29.4 Å². The number of alkyl halides is 3. The molecule has 2 fully saturated rings. The maximum atomic E-state index is 13.6. The molecule has 0 bridgehead atoms. The highest BCUT2D eigenvalue weighted by Crippen LogP contribution is 2.55. The standard InChI is InChI=1S/C27H23F3N4O6S/c1-16-14-26(16)24(36)33(18-5-9-21(10-6-18)41(38,39)27(28,29)30)25(37)34(26)19-11-12-31-22(13-19)23(35)32-15-17-3-7-20(40-2)8-4-17/h3-13,16H,14-15H2,1-2H3,(H,32,35). The van der Waals surface area contributed by atoms with Crippen LogP contribution in [0.5, 0.6) is 5.75 Å². The molecule has 1 N–H and O–H groups in total. The molecule has 2 aliphatic rings. The van der Waals surface area contributed by atoms with E-state index in [1.54, 1.807) is 38.3 Å². The fraction of sp³-hybridized carbons (Fsp3) is 0.259. The number of benzene rings is 2. The largest absolute Gasteiger partial charge is 0.501 e. The van der Waals surface area contributed by atoms with Crippen LogP contribution in [-0.4, -0.2) is 49.4 Å². The van der Waals surface area contributed by atoms with Crippen LogP contribution in [0.3, 0.4) is 0 Å². The number of amides is 4. The number of aromatic nitrogens is 1. The van der Waals surface area contributed by atoms with Gasteiger partial charge in [0.05, 0.1) is 23.4 Å². The highest BCUT2D eigenvalue weighted by molar-refractivity contribution is 7.92. The Morgan fingerprint density at radius 2 is 1.71 bits per heavy atom. The number of ether oxygens (including phenoxy) is 1. The molecule has 2 aromatic carbocycles. The van der Waals surface area contributed by atoms with Crippen molar-refractivity contribution in [3.05, 3.63) is 78.1 Å². The van der Waals surface area contributed by atoms with E-state index in [9.17, 15) is 36.0 Å². The number of hydrogen-bond donors (Lipinski definition) is 1. The minimum atomic E-state index is -5.60. The monoisotopic (exact) mass is 588 g/mol. The van der Waals surface area contributed by atoms with E-state index in [1.165, 1.54) is 23.2 Å². The van der Waals surface area contributed by atoms with Crippen molar-refractivity contribution in [3.8, 4) is 5.75 Å². The van der Waals surface area contributed by atoms with E-state index >= 15 is 0 Å². The van der Waals surface area contributed by atoms with E-state index < -0.39 is 43.6 Å². The van der Waals surface area contributed by atoms with Crippen LogP contribution in [0.4, 0.5) is 29.3 Å². The van der Waals surface area contributed by atoms with Crippen LogP contribution in [-0.2, 0) is 21.2 Å². The van der Waals surface area contributed by atoms with Gasteiger partial charge in [0.15, 0.2) is 0 Å². The molecular formula is C27H23F3N4O6S. The van der Waals surface area contributed by atoms with E-state index in [2.05, 4.69) is 10.3 Å². The summed E-state index contributed by atoms with van der Waals surface area (Å²) in [6.45, 7) is 1.97. The van der Waals surface area contributed by atoms with Gasteiger partial charge in [-0.25, -0.2) is 18.1 Å². The van der Waals surface area contributed by atoms with Gasteiger partial charge < -0.3 is 10.1 Å². The Hall–Kier alpha value is -4.46. The second kappa shape index (κ2) is 9.87. The van der Waals surface area contributed by atoms with Gasteiger partial charge in [-0.15, -0.1) is 0 Å². The van der Waals surface area contributed by atoms with Gasteiger partial charge in [0.1, 0.15) is 17.0 Å². The predicted molar refractivity (Wildman–Crippen MR) is 140 cm³/mol.